The van der Waals surface area contributed by atoms with Gasteiger partial charge in [0, 0.05) is 19.3 Å². The van der Waals surface area contributed by atoms with Crippen molar-refractivity contribution in [2.24, 2.45) is 0 Å². The minimum Gasteiger partial charge on any atom is -0.544 e. The molecule has 0 amide bonds. The van der Waals surface area contributed by atoms with Crippen molar-refractivity contribution in [2.45, 2.75) is 212 Å². The van der Waals surface area contributed by atoms with E-state index in [2.05, 4.69) is 98.9 Å². The average molecular weight is 920 g/mol. The van der Waals surface area contributed by atoms with Gasteiger partial charge >= 0.3 is 11.9 Å². The topological polar surface area (TPSA) is 102 Å². The van der Waals surface area contributed by atoms with Gasteiger partial charge in [0.25, 0.3) is 0 Å². The molecule has 2 atom stereocenters. The van der Waals surface area contributed by atoms with Crippen LogP contribution in [0.1, 0.15) is 200 Å². The van der Waals surface area contributed by atoms with E-state index in [0.717, 1.165) is 64.2 Å². The predicted octanol–water partition coefficient (Wildman–Crippen LogP) is 14.1. The molecule has 0 N–H and O–H groups in total. The van der Waals surface area contributed by atoms with Gasteiger partial charge in [-0.1, -0.05) is 195 Å². The van der Waals surface area contributed by atoms with Crippen LogP contribution in [0.15, 0.2) is 97.2 Å². The second kappa shape index (κ2) is 47.7. The molecule has 0 radical (unpaired) electrons. The highest BCUT2D eigenvalue weighted by Crippen LogP contribution is 2.14. The summed E-state index contributed by atoms with van der Waals surface area (Å²) >= 11 is 0. The van der Waals surface area contributed by atoms with Gasteiger partial charge in [-0.25, -0.2) is 0 Å². The molecule has 0 saturated heterocycles. The van der Waals surface area contributed by atoms with E-state index in [4.69, 9.17) is 14.2 Å². The smallest absolute Gasteiger partial charge is 0.306 e. The van der Waals surface area contributed by atoms with Gasteiger partial charge in [0.1, 0.15) is 12.6 Å². The summed E-state index contributed by atoms with van der Waals surface area (Å²) in [7, 11) is 5.38. The number of nitrogens with zero attached hydrogens (tertiary/aromatic N) is 1. The lowest BCUT2D eigenvalue weighted by Gasteiger charge is -2.34. The molecule has 0 heterocycles. The predicted molar refractivity (Wildman–Crippen MR) is 277 cm³/mol. The number of hydrogen-bond donors (Lipinski definition) is 0. The maximum absolute atomic E-state index is 12.8. The van der Waals surface area contributed by atoms with E-state index in [1.54, 1.807) is 21.1 Å². The average Bonchev–Trinajstić information content (AvgIpc) is 3.28. The number of carboxylic acids is 1. The van der Waals surface area contributed by atoms with Crippen LogP contribution in [0.3, 0.4) is 0 Å². The number of carbonyl (C=O) groups is 3. The maximum Gasteiger partial charge on any atom is 0.306 e. The maximum atomic E-state index is 12.8. The van der Waals surface area contributed by atoms with Crippen LogP contribution in [0.25, 0.3) is 0 Å². The first kappa shape index (κ1) is 62.2. The third-order valence-electron chi connectivity index (χ3n) is 11.2. The number of rotatable bonds is 46. The van der Waals surface area contributed by atoms with Crippen molar-refractivity contribution in [1.29, 1.82) is 0 Å². The van der Waals surface area contributed by atoms with E-state index in [-0.39, 0.29) is 43.1 Å². The fourth-order valence-electron chi connectivity index (χ4n) is 7.19. The number of aliphatic carboxylic acids is 1. The van der Waals surface area contributed by atoms with Crippen LogP contribution < -0.4 is 5.11 Å². The summed E-state index contributed by atoms with van der Waals surface area (Å²) in [5, 5.41) is 11.7. The Kier molecular flexibility index (Phi) is 45.0. The molecule has 8 nitrogen and oxygen atoms in total. The monoisotopic (exact) mass is 920 g/mol. The van der Waals surface area contributed by atoms with Gasteiger partial charge in [0.15, 0.2) is 6.10 Å². The second-order valence-corrected chi connectivity index (χ2v) is 18.4. The van der Waals surface area contributed by atoms with Gasteiger partial charge in [-0.3, -0.25) is 9.59 Å². The highest BCUT2D eigenvalue weighted by atomic mass is 16.6. The molecule has 376 valence electrons. The van der Waals surface area contributed by atoms with Gasteiger partial charge in [0.05, 0.1) is 40.3 Å². The molecule has 0 aromatic rings. The summed E-state index contributed by atoms with van der Waals surface area (Å²) in [6.07, 6.45) is 64.6. The van der Waals surface area contributed by atoms with E-state index < -0.39 is 24.1 Å². The molecule has 0 spiro atoms. The minimum atomic E-state index is -1.14. The summed E-state index contributed by atoms with van der Waals surface area (Å²) < 4.78 is 17.2. The number of carbonyl (C=O) groups excluding carboxylic acids is 3. The van der Waals surface area contributed by atoms with Crippen molar-refractivity contribution < 1.29 is 38.2 Å². The Balaban J connectivity index is 4.33. The Bertz CT molecular complexity index is 1400. The SMILES string of the molecule is CC/C=C\C/C=C\C/C=C\C/C=C\C/C=C\C/C=C\CCC(=O)OC(COCCC(C(=O)[O-])[N+](C)(C)C)COC(=O)CCCCCCCCCCCCC/C=C\C/C=C\CCCCCCC. The Morgan fingerprint density at radius 3 is 1.32 bits per heavy atom. The van der Waals surface area contributed by atoms with Crippen LogP contribution in [0.4, 0.5) is 0 Å². The third kappa shape index (κ3) is 45.4. The second-order valence-electron chi connectivity index (χ2n) is 18.4. The number of likely N-dealkylation sites (N-methyl/N-ethyl adjacent to an activating group) is 1. The number of esters is 2. The van der Waals surface area contributed by atoms with Gasteiger partial charge in [-0.2, -0.15) is 0 Å². The van der Waals surface area contributed by atoms with E-state index in [0.29, 0.717) is 12.8 Å². The summed E-state index contributed by atoms with van der Waals surface area (Å²) in [6.45, 7) is 4.46. The molecule has 0 aliphatic heterocycles. The van der Waals surface area contributed by atoms with Gasteiger partial charge in [0.2, 0.25) is 0 Å². The lowest BCUT2D eigenvalue weighted by atomic mass is 10.0. The molecule has 0 aromatic heterocycles. The zero-order valence-corrected chi connectivity index (χ0v) is 42.8. The molecule has 2 unspecified atom stereocenters. The first-order valence-electron chi connectivity index (χ1n) is 26.3. The standard InChI is InChI=1S/C58H97NO7/c1-6-8-10-12-14-16-18-20-22-24-26-27-28-29-31-32-34-36-38-40-42-44-46-48-56(60)65-53-54(52-64-51-50-55(58(62)63)59(3,4)5)66-57(61)49-47-45-43-41-39-37-35-33-30-25-23-21-19-17-15-13-11-9-7-2/h9,11,15,17-18,20-21,23-24,26,30,33,37,39,43,45,54-55H,6-8,10,12-14,16,19,22,25,27-29,31-32,34-36,38,40-42,44,46-53H2,1-5H3/b11-9-,17-15-,20-18-,23-21-,26-24-,33-30-,39-37-,45-43-. The fraction of sp³-hybridized carbons (Fsp3) is 0.672. The fourth-order valence-corrected chi connectivity index (χ4v) is 7.19. The Morgan fingerprint density at radius 1 is 0.470 bits per heavy atom. The summed E-state index contributed by atoms with van der Waals surface area (Å²) in [4.78, 5) is 37.0. The molecule has 0 aliphatic carbocycles. The van der Waals surface area contributed by atoms with Crippen molar-refractivity contribution in [3.05, 3.63) is 97.2 Å². The molecule has 0 fully saturated rings. The van der Waals surface area contributed by atoms with Crippen molar-refractivity contribution in [3.63, 3.8) is 0 Å². The van der Waals surface area contributed by atoms with Crippen LogP contribution in [0, 0.1) is 0 Å². The number of unbranched alkanes of at least 4 members (excludes halogenated alkanes) is 16. The van der Waals surface area contributed by atoms with Gasteiger partial charge in [-0.05, 0) is 83.5 Å². The van der Waals surface area contributed by atoms with Crippen molar-refractivity contribution >= 4 is 17.9 Å². The van der Waals surface area contributed by atoms with E-state index in [1.165, 1.54) is 96.3 Å². The van der Waals surface area contributed by atoms with E-state index in [1.807, 2.05) is 12.2 Å². The molecule has 0 bridgehead atoms. The number of carboxylic acid groups (broad SMARTS) is 1. The third-order valence-corrected chi connectivity index (χ3v) is 11.2. The number of allylic oxidation sites excluding steroid dienone is 16. The molecular weight excluding hydrogens is 823 g/mol. The Hall–Kier alpha value is -3.75. The van der Waals surface area contributed by atoms with Gasteiger partial charge in [-0.15, -0.1) is 0 Å². The number of ether oxygens (including phenoxy) is 3. The van der Waals surface area contributed by atoms with Crippen molar-refractivity contribution in [1.82, 2.24) is 0 Å². The lowest BCUT2D eigenvalue weighted by molar-refractivity contribution is -0.889. The normalized spacial score (nSPS) is 13.7. The quantitative estimate of drug-likeness (QED) is 0.0259. The van der Waals surface area contributed by atoms with Crippen LogP contribution >= 0.6 is 0 Å². The molecule has 0 saturated carbocycles. The van der Waals surface area contributed by atoms with Crippen molar-refractivity contribution in [3.8, 4) is 0 Å². The zero-order valence-electron chi connectivity index (χ0n) is 42.8. The molecule has 0 aromatic carbocycles. The molecule has 66 heavy (non-hydrogen) atoms. The first-order chi connectivity index (χ1) is 32.1. The summed E-state index contributed by atoms with van der Waals surface area (Å²) in [5.41, 5.74) is 0. The van der Waals surface area contributed by atoms with Crippen molar-refractivity contribution in [2.75, 3.05) is 41.0 Å². The van der Waals surface area contributed by atoms with Crippen LogP contribution in [-0.2, 0) is 28.6 Å². The van der Waals surface area contributed by atoms with Gasteiger partial charge < -0.3 is 28.6 Å². The first-order valence-corrected chi connectivity index (χ1v) is 26.3. The largest absolute Gasteiger partial charge is 0.544 e. The minimum absolute atomic E-state index is 0.00459. The molecule has 0 rings (SSSR count). The molecular formula is C58H97NO7. The molecule has 8 heteroatoms. The summed E-state index contributed by atoms with van der Waals surface area (Å²) in [5.74, 6) is -1.85. The summed E-state index contributed by atoms with van der Waals surface area (Å²) in [6, 6.07) is -0.745. The lowest BCUT2D eigenvalue weighted by Crippen LogP contribution is -2.55. The number of hydrogen-bond acceptors (Lipinski definition) is 7. The highest BCUT2D eigenvalue weighted by Gasteiger charge is 2.25. The Labute approximate surface area is 405 Å². The van der Waals surface area contributed by atoms with Crippen LogP contribution in [0.5, 0.6) is 0 Å². The highest BCUT2D eigenvalue weighted by molar-refractivity contribution is 5.70. The van der Waals surface area contributed by atoms with Crippen LogP contribution in [-0.4, -0.2) is 75.5 Å². The van der Waals surface area contributed by atoms with E-state index in [9.17, 15) is 19.5 Å². The van der Waals surface area contributed by atoms with E-state index >= 15 is 0 Å². The zero-order chi connectivity index (χ0) is 48.4. The van der Waals surface area contributed by atoms with Crippen LogP contribution in [0.2, 0.25) is 0 Å². The Morgan fingerprint density at radius 2 is 0.879 bits per heavy atom. The number of quaternary nitrogens is 1. The molecule has 0 aliphatic rings.